The van der Waals surface area contributed by atoms with Gasteiger partial charge in [-0.1, -0.05) is 32.9 Å². The van der Waals surface area contributed by atoms with Crippen molar-refractivity contribution in [1.82, 2.24) is 15.2 Å². The van der Waals surface area contributed by atoms with E-state index in [2.05, 4.69) is 61.9 Å². The van der Waals surface area contributed by atoms with Crippen LogP contribution >= 0.6 is 0 Å². The van der Waals surface area contributed by atoms with Gasteiger partial charge in [0.1, 0.15) is 5.82 Å². The van der Waals surface area contributed by atoms with Crippen LogP contribution in [0.15, 0.2) is 12.1 Å². The molecule has 4 nitrogen and oxygen atoms in total. The molecule has 102 valence electrons. The number of hydrogen-bond acceptors (Lipinski definition) is 3. The van der Waals surface area contributed by atoms with Gasteiger partial charge >= 0.3 is 0 Å². The number of H-pyrrole nitrogens is 1. The summed E-state index contributed by atoms with van der Waals surface area (Å²) in [7, 11) is 0. The standard InChI is InChI=1S/C15H22N4/c1-9-6-11(15(3,4)5)7-10(2)13(9)14-17-12(8-16)18-19-14/h6-7H,8,16H2,1-5H3,(H,17,18,19). The van der Waals surface area contributed by atoms with Crippen molar-refractivity contribution in [3.05, 3.63) is 34.6 Å². The van der Waals surface area contributed by atoms with Crippen molar-refractivity contribution in [1.29, 1.82) is 0 Å². The van der Waals surface area contributed by atoms with Gasteiger partial charge in [-0.05, 0) is 36.0 Å². The first-order valence-electron chi connectivity index (χ1n) is 6.56. The van der Waals surface area contributed by atoms with Crippen molar-refractivity contribution in [3.8, 4) is 11.4 Å². The number of hydrogen-bond donors (Lipinski definition) is 2. The highest BCUT2D eigenvalue weighted by Crippen LogP contribution is 2.31. The first-order chi connectivity index (χ1) is 8.82. The zero-order chi connectivity index (χ0) is 14.2. The van der Waals surface area contributed by atoms with Crippen LogP contribution in [0.5, 0.6) is 0 Å². The summed E-state index contributed by atoms with van der Waals surface area (Å²) in [5.41, 5.74) is 10.6. The van der Waals surface area contributed by atoms with Crippen LogP contribution in [-0.2, 0) is 12.0 Å². The average Bonchev–Trinajstić information content (AvgIpc) is 2.75. The van der Waals surface area contributed by atoms with Gasteiger partial charge in [0.05, 0.1) is 6.54 Å². The lowest BCUT2D eigenvalue weighted by Gasteiger charge is -2.21. The molecule has 0 aliphatic heterocycles. The van der Waals surface area contributed by atoms with Gasteiger partial charge in [-0.2, -0.15) is 5.10 Å². The highest BCUT2D eigenvalue weighted by molar-refractivity contribution is 5.65. The molecule has 0 fully saturated rings. The van der Waals surface area contributed by atoms with Crippen LogP contribution in [0, 0.1) is 13.8 Å². The maximum atomic E-state index is 5.56. The molecule has 0 amide bonds. The van der Waals surface area contributed by atoms with Crippen LogP contribution in [0.1, 0.15) is 43.3 Å². The van der Waals surface area contributed by atoms with Crippen molar-refractivity contribution < 1.29 is 0 Å². The molecule has 2 aromatic rings. The first kappa shape index (κ1) is 13.7. The minimum atomic E-state index is 0.148. The molecule has 1 heterocycles. The number of benzene rings is 1. The zero-order valence-electron chi connectivity index (χ0n) is 12.3. The Morgan fingerprint density at radius 2 is 1.74 bits per heavy atom. The van der Waals surface area contributed by atoms with E-state index in [0.29, 0.717) is 12.4 Å². The molecule has 19 heavy (non-hydrogen) atoms. The molecule has 3 N–H and O–H groups in total. The van der Waals surface area contributed by atoms with E-state index in [0.717, 1.165) is 11.4 Å². The van der Waals surface area contributed by atoms with Crippen molar-refractivity contribution in [2.24, 2.45) is 5.73 Å². The predicted molar refractivity (Wildman–Crippen MR) is 77.9 cm³/mol. The minimum absolute atomic E-state index is 0.148. The third-order valence-electron chi connectivity index (χ3n) is 3.35. The number of aromatic amines is 1. The molecule has 1 aromatic heterocycles. The summed E-state index contributed by atoms with van der Waals surface area (Å²) >= 11 is 0. The maximum Gasteiger partial charge on any atom is 0.181 e. The Hall–Kier alpha value is -1.68. The van der Waals surface area contributed by atoms with Crippen LogP contribution < -0.4 is 5.73 Å². The minimum Gasteiger partial charge on any atom is -0.324 e. The van der Waals surface area contributed by atoms with E-state index in [9.17, 15) is 0 Å². The second-order valence-electron chi connectivity index (χ2n) is 6.04. The van der Waals surface area contributed by atoms with Gasteiger partial charge in [0, 0.05) is 5.56 Å². The van der Waals surface area contributed by atoms with Gasteiger partial charge in [-0.3, -0.25) is 5.10 Å². The van der Waals surface area contributed by atoms with Crippen LogP contribution in [0.2, 0.25) is 0 Å². The summed E-state index contributed by atoms with van der Waals surface area (Å²) in [4.78, 5) is 4.42. The smallest absolute Gasteiger partial charge is 0.181 e. The molecule has 0 spiro atoms. The Morgan fingerprint density at radius 1 is 1.16 bits per heavy atom. The molecule has 0 bridgehead atoms. The number of aryl methyl sites for hydroxylation is 2. The summed E-state index contributed by atoms with van der Waals surface area (Å²) < 4.78 is 0. The van der Waals surface area contributed by atoms with Crippen molar-refractivity contribution >= 4 is 0 Å². The zero-order valence-corrected chi connectivity index (χ0v) is 12.3. The summed E-state index contributed by atoms with van der Waals surface area (Å²) in [6.07, 6.45) is 0. The normalized spacial score (nSPS) is 11.9. The monoisotopic (exact) mass is 258 g/mol. The third-order valence-corrected chi connectivity index (χ3v) is 3.35. The van der Waals surface area contributed by atoms with E-state index >= 15 is 0 Å². The first-order valence-corrected chi connectivity index (χ1v) is 6.56. The molecule has 1 aromatic carbocycles. The number of nitrogens with two attached hydrogens (primary N) is 1. The van der Waals surface area contributed by atoms with E-state index in [-0.39, 0.29) is 5.41 Å². The summed E-state index contributed by atoms with van der Waals surface area (Å²) in [5.74, 6) is 1.45. The van der Waals surface area contributed by atoms with Gasteiger partial charge in [0.2, 0.25) is 0 Å². The van der Waals surface area contributed by atoms with Crippen LogP contribution in [0.3, 0.4) is 0 Å². The fourth-order valence-corrected chi connectivity index (χ4v) is 2.25. The quantitative estimate of drug-likeness (QED) is 0.870. The molecular weight excluding hydrogens is 236 g/mol. The molecule has 0 aliphatic carbocycles. The lowest BCUT2D eigenvalue weighted by atomic mass is 9.83. The second-order valence-corrected chi connectivity index (χ2v) is 6.04. The number of aromatic nitrogens is 3. The highest BCUT2D eigenvalue weighted by atomic mass is 15.2. The van der Waals surface area contributed by atoms with E-state index in [1.807, 2.05) is 0 Å². The topological polar surface area (TPSA) is 67.6 Å². The maximum absolute atomic E-state index is 5.56. The Morgan fingerprint density at radius 3 is 2.16 bits per heavy atom. The lowest BCUT2D eigenvalue weighted by Crippen LogP contribution is -2.12. The largest absolute Gasteiger partial charge is 0.324 e. The fourth-order valence-electron chi connectivity index (χ4n) is 2.25. The number of nitrogens with one attached hydrogen (secondary N) is 1. The van der Waals surface area contributed by atoms with Gasteiger partial charge in [0.25, 0.3) is 0 Å². The Labute approximate surface area is 114 Å². The van der Waals surface area contributed by atoms with Gasteiger partial charge < -0.3 is 5.73 Å². The van der Waals surface area contributed by atoms with Crippen LogP contribution in [0.25, 0.3) is 11.4 Å². The lowest BCUT2D eigenvalue weighted by molar-refractivity contribution is 0.589. The highest BCUT2D eigenvalue weighted by Gasteiger charge is 2.18. The summed E-state index contributed by atoms with van der Waals surface area (Å²) in [5, 5.41) is 7.12. The summed E-state index contributed by atoms with van der Waals surface area (Å²) in [6.45, 7) is 11.3. The summed E-state index contributed by atoms with van der Waals surface area (Å²) in [6, 6.07) is 4.45. The molecule has 0 atom stereocenters. The predicted octanol–water partition coefficient (Wildman–Crippen LogP) is 2.84. The SMILES string of the molecule is Cc1cc(C(C)(C)C)cc(C)c1-c1n[nH]c(CN)n1. The average molecular weight is 258 g/mol. The second kappa shape index (κ2) is 4.78. The van der Waals surface area contributed by atoms with E-state index in [1.54, 1.807) is 0 Å². The molecular formula is C15H22N4. The van der Waals surface area contributed by atoms with E-state index in [1.165, 1.54) is 16.7 Å². The van der Waals surface area contributed by atoms with E-state index in [4.69, 9.17) is 5.73 Å². The Bertz CT molecular complexity index is 567. The fraction of sp³-hybridized carbons (Fsp3) is 0.467. The molecule has 4 heteroatoms. The van der Waals surface area contributed by atoms with E-state index < -0.39 is 0 Å². The van der Waals surface area contributed by atoms with Crippen molar-refractivity contribution in [3.63, 3.8) is 0 Å². The van der Waals surface area contributed by atoms with Crippen LogP contribution in [-0.4, -0.2) is 15.2 Å². The van der Waals surface area contributed by atoms with Crippen LogP contribution in [0.4, 0.5) is 0 Å². The van der Waals surface area contributed by atoms with Gasteiger partial charge in [0.15, 0.2) is 5.82 Å². The Kier molecular flexibility index (Phi) is 3.45. The van der Waals surface area contributed by atoms with Gasteiger partial charge in [-0.15, -0.1) is 0 Å². The molecule has 0 saturated heterocycles. The molecule has 2 rings (SSSR count). The number of rotatable bonds is 2. The molecule has 0 radical (unpaired) electrons. The number of nitrogens with zero attached hydrogens (tertiary/aromatic N) is 2. The van der Waals surface area contributed by atoms with Crippen molar-refractivity contribution in [2.45, 2.75) is 46.6 Å². The van der Waals surface area contributed by atoms with Crippen molar-refractivity contribution in [2.75, 3.05) is 0 Å². The molecule has 0 saturated carbocycles. The third kappa shape index (κ3) is 2.68. The molecule has 0 unspecified atom stereocenters. The van der Waals surface area contributed by atoms with Gasteiger partial charge in [-0.25, -0.2) is 4.98 Å². The Balaban J connectivity index is 2.53. The molecule has 0 aliphatic rings.